The van der Waals surface area contributed by atoms with Crippen molar-refractivity contribution >= 4 is 39.5 Å². The predicted molar refractivity (Wildman–Crippen MR) is 75.4 cm³/mol. The van der Waals surface area contributed by atoms with Crippen LogP contribution in [0.5, 0.6) is 0 Å². The highest BCUT2D eigenvalue weighted by Gasteiger charge is 2.10. The van der Waals surface area contributed by atoms with E-state index in [0.717, 1.165) is 16.4 Å². The lowest BCUT2D eigenvalue weighted by atomic mass is 10.1. The number of carbonyl (C=O) groups excluding carboxylic acids is 1. The molecule has 0 saturated carbocycles. The maximum Gasteiger partial charge on any atom is 0.253 e. The van der Waals surface area contributed by atoms with Gasteiger partial charge in [0.15, 0.2) is 0 Å². The zero-order valence-electron chi connectivity index (χ0n) is 9.19. The summed E-state index contributed by atoms with van der Waals surface area (Å²) in [7, 11) is 0. The van der Waals surface area contributed by atoms with Gasteiger partial charge in [0.05, 0.1) is 11.1 Å². The maximum atomic E-state index is 12.0. The van der Waals surface area contributed by atoms with Crippen LogP contribution in [0.4, 0.5) is 0 Å². The lowest BCUT2D eigenvalue weighted by molar-refractivity contribution is 0.0955. The number of hydrogen-bond acceptors (Lipinski definition) is 3. The van der Waals surface area contributed by atoms with Crippen molar-refractivity contribution in [2.75, 3.05) is 11.0 Å². The lowest BCUT2D eigenvalue weighted by Crippen LogP contribution is -2.25. The van der Waals surface area contributed by atoms with Gasteiger partial charge in [-0.2, -0.15) is 0 Å². The number of hydrogen-bond donors (Lipinski definition) is 1. The number of carbonyl (C=O) groups is 1. The highest BCUT2D eigenvalue weighted by molar-refractivity contribution is 14.1. The number of alkyl halides is 1. The summed E-state index contributed by atoms with van der Waals surface area (Å²) in [5, 5.41) is 2.88. The van der Waals surface area contributed by atoms with Crippen LogP contribution in [0, 0.1) is 0 Å². The molecule has 17 heavy (non-hydrogen) atoms. The minimum Gasteiger partial charge on any atom is -0.352 e. The summed E-state index contributed by atoms with van der Waals surface area (Å²) >= 11 is 2.29. The van der Waals surface area contributed by atoms with Crippen molar-refractivity contribution in [3.8, 4) is 0 Å². The molecule has 0 unspecified atom stereocenters. The van der Waals surface area contributed by atoms with E-state index in [2.05, 4.69) is 37.9 Å². The molecule has 0 radical (unpaired) electrons. The van der Waals surface area contributed by atoms with Gasteiger partial charge in [-0.05, 0) is 18.6 Å². The molecule has 0 fully saturated rings. The average molecular weight is 341 g/mol. The summed E-state index contributed by atoms with van der Waals surface area (Å²) in [5.41, 5.74) is 1.99. The largest absolute Gasteiger partial charge is 0.352 e. The van der Waals surface area contributed by atoms with E-state index >= 15 is 0 Å². The summed E-state index contributed by atoms with van der Waals surface area (Å²) in [5.74, 6) is -0.0825. The van der Waals surface area contributed by atoms with Crippen molar-refractivity contribution in [2.45, 2.75) is 6.42 Å². The second kappa shape index (κ2) is 5.90. The number of aromatic nitrogens is 2. The normalized spacial score (nSPS) is 10.4. The smallest absolute Gasteiger partial charge is 0.253 e. The third-order valence-electron chi connectivity index (χ3n) is 2.34. The molecule has 0 aliphatic heterocycles. The number of fused-ring (bicyclic) bond motifs is 1. The Morgan fingerprint density at radius 1 is 1.29 bits per heavy atom. The van der Waals surface area contributed by atoms with Crippen molar-refractivity contribution in [3.05, 3.63) is 36.2 Å². The highest BCUT2D eigenvalue weighted by Crippen LogP contribution is 2.13. The van der Waals surface area contributed by atoms with Crippen LogP contribution in [0.3, 0.4) is 0 Å². The van der Waals surface area contributed by atoms with Gasteiger partial charge in [0.25, 0.3) is 5.91 Å². The first kappa shape index (κ1) is 12.2. The standard InChI is InChI=1S/C12H12IN3O/c13-5-2-6-16-12(17)9-3-1-4-10-11(9)15-8-7-14-10/h1,3-4,7-8H,2,5-6H2,(H,16,17). The minimum atomic E-state index is -0.0825. The van der Waals surface area contributed by atoms with Crippen molar-refractivity contribution < 1.29 is 4.79 Å². The van der Waals surface area contributed by atoms with Crippen LogP contribution in [0.25, 0.3) is 11.0 Å². The molecule has 0 saturated heterocycles. The second-order valence-corrected chi connectivity index (χ2v) is 4.61. The molecule has 0 bridgehead atoms. The number of amides is 1. The fraction of sp³-hybridized carbons (Fsp3) is 0.250. The first-order chi connectivity index (χ1) is 8.33. The molecule has 1 aromatic carbocycles. The molecule has 1 aromatic heterocycles. The van der Waals surface area contributed by atoms with Gasteiger partial charge < -0.3 is 5.32 Å². The molecule has 0 aliphatic rings. The monoisotopic (exact) mass is 341 g/mol. The molecule has 1 heterocycles. The average Bonchev–Trinajstić information content (AvgIpc) is 2.38. The minimum absolute atomic E-state index is 0.0825. The molecule has 0 aliphatic carbocycles. The van der Waals surface area contributed by atoms with Crippen molar-refractivity contribution in [3.63, 3.8) is 0 Å². The maximum absolute atomic E-state index is 12.0. The van der Waals surface area contributed by atoms with Crippen LogP contribution < -0.4 is 5.32 Å². The summed E-state index contributed by atoms with van der Waals surface area (Å²) in [6.45, 7) is 0.693. The molecule has 2 aromatic rings. The Morgan fingerprint density at radius 3 is 2.94 bits per heavy atom. The van der Waals surface area contributed by atoms with Crippen molar-refractivity contribution in [2.24, 2.45) is 0 Å². The summed E-state index contributed by atoms with van der Waals surface area (Å²) < 4.78 is 1.04. The third-order valence-corrected chi connectivity index (χ3v) is 3.10. The zero-order valence-corrected chi connectivity index (χ0v) is 11.3. The van der Waals surface area contributed by atoms with Crippen LogP contribution in [-0.2, 0) is 0 Å². The Bertz CT molecular complexity index is 525. The van der Waals surface area contributed by atoms with E-state index in [1.165, 1.54) is 0 Å². The Balaban J connectivity index is 2.26. The third kappa shape index (κ3) is 2.91. The summed E-state index contributed by atoms with van der Waals surface area (Å²) in [6, 6.07) is 5.45. The molecular weight excluding hydrogens is 329 g/mol. The number of halogens is 1. The fourth-order valence-electron chi connectivity index (χ4n) is 1.54. The predicted octanol–water partition coefficient (Wildman–Crippen LogP) is 2.18. The Kier molecular flexibility index (Phi) is 4.24. The Hall–Kier alpha value is -1.24. The number of rotatable bonds is 4. The zero-order chi connectivity index (χ0) is 12.1. The molecule has 5 heteroatoms. The highest BCUT2D eigenvalue weighted by atomic mass is 127. The van der Waals surface area contributed by atoms with Crippen LogP contribution >= 0.6 is 22.6 Å². The first-order valence-electron chi connectivity index (χ1n) is 5.37. The van der Waals surface area contributed by atoms with E-state index in [1.54, 1.807) is 18.5 Å². The van der Waals surface area contributed by atoms with Crippen molar-refractivity contribution in [1.82, 2.24) is 15.3 Å². The van der Waals surface area contributed by atoms with Crippen LogP contribution in [0.15, 0.2) is 30.6 Å². The van der Waals surface area contributed by atoms with Crippen LogP contribution in [0.2, 0.25) is 0 Å². The van der Waals surface area contributed by atoms with Crippen molar-refractivity contribution in [1.29, 1.82) is 0 Å². The molecular formula is C12H12IN3O. The molecule has 4 nitrogen and oxygen atoms in total. The van der Waals surface area contributed by atoms with E-state index in [0.29, 0.717) is 17.6 Å². The molecule has 1 amide bonds. The van der Waals surface area contributed by atoms with E-state index in [4.69, 9.17) is 0 Å². The number of nitrogens with one attached hydrogen (secondary N) is 1. The van der Waals surface area contributed by atoms with Crippen LogP contribution in [-0.4, -0.2) is 26.8 Å². The van der Waals surface area contributed by atoms with Gasteiger partial charge in [-0.15, -0.1) is 0 Å². The van der Waals surface area contributed by atoms with Gasteiger partial charge in [0.2, 0.25) is 0 Å². The van der Waals surface area contributed by atoms with E-state index in [9.17, 15) is 4.79 Å². The number of benzene rings is 1. The topological polar surface area (TPSA) is 54.9 Å². The van der Waals surface area contributed by atoms with E-state index < -0.39 is 0 Å². The quantitative estimate of drug-likeness (QED) is 0.527. The number of para-hydroxylation sites is 1. The van der Waals surface area contributed by atoms with Gasteiger partial charge in [0, 0.05) is 23.4 Å². The summed E-state index contributed by atoms with van der Waals surface area (Å²) in [6.07, 6.45) is 4.20. The SMILES string of the molecule is O=C(NCCCI)c1cccc2nccnc12. The van der Waals surface area contributed by atoms with Gasteiger partial charge >= 0.3 is 0 Å². The van der Waals surface area contributed by atoms with Gasteiger partial charge in [-0.25, -0.2) is 0 Å². The van der Waals surface area contributed by atoms with E-state index in [1.807, 2.05) is 12.1 Å². The van der Waals surface area contributed by atoms with Gasteiger partial charge in [-0.1, -0.05) is 28.7 Å². The molecule has 88 valence electrons. The van der Waals surface area contributed by atoms with Gasteiger partial charge in [0.1, 0.15) is 5.52 Å². The van der Waals surface area contributed by atoms with Gasteiger partial charge in [-0.3, -0.25) is 14.8 Å². The molecule has 1 N–H and O–H groups in total. The fourth-order valence-corrected chi connectivity index (χ4v) is 1.92. The molecule has 0 spiro atoms. The van der Waals surface area contributed by atoms with Crippen LogP contribution in [0.1, 0.15) is 16.8 Å². The van der Waals surface area contributed by atoms with E-state index in [-0.39, 0.29) is 5.91 Å². The Morgan fingerprint density at radius 2 is 2.12 bits per heavy atom. The summed E-state index contributed by atoms with van der Waals surface area (Å²) in [4.78, 5) is 20.3. The molecule has 2 rings (SSSR count). The Labute approximate surface area is 113 Å². The number of nitrogens with zero attached hydrogens (tertiary/aromatic N) is 2. The second-order valence-electron chi connectivity index (χ2n) is 3.53. The lowest BCUT2D eigenvalue weighted by Gasteiger charge is -2.05. The first-order valence-corrected chi connectivity index (χ1v) is 6.89. The molecule has 0 atom stereocenters.